The SMILES string of the molecule is C[C@@H](NCC1CN(C(=O)Nc2ccccc2)CC1c1ccccc1)c1cccc2ccccc12. The predicted octanol–water partition coefficient (Wildman–Crippen LogP) is 6.44. The third-order valence-corrected chi connectivity index (χ3v) is 6.96. The molecule has 1 aliphatic heterocycles. The number of amides is 2. The molecule has 4 aromatic carbocycles. The van der Waals surface area contributed by atoms with Crippen molar-refractivity contribution in [1.29, 1.82) is 0 Å². The van der Waals surface area contributed by atoms with Crippen molar-refractivity contribution >= 4 is 22.5 Å². The fourth-order valence-corrected chi connectivity index (χ4v) is 5.11. The van der Waals surface area contributed by atoms with Gasteiger partial charge in [-0.1, -0.05) is 91.0 Å². The Labute approximate surface area is 201 Å². The lowest BCUT2D eigenvalue weighted by atomic mass is 9.88. The summed E-state index contributed by atoms with van der Waals surface area (Å²) in [5, 5.41) is 9.39. The van der Waals surface area contributed by atoms with E-state index < -0.39 is 0 Å². The normalized spacial score (nSPS) is 18.7. The molecule has 0 radical (unpaired) electrons. The van der Waals surface area contributed by atoms with Crippen LogP contribution in [0.25, 0.3) is 10.8 Å². The molecule has 0 saturated carbocycles. The van der Waals surface area contributed by atoms with E-state index in [1.54, 1.807) is 0 Å². The highest BCUT2D eigenvalue weighted by atomic mass is 16.2. The van der Waals surface area contributed by atoms with Gasteiger partial charge in [-0.2, -0.15) is 0 Å². The number of likely N-dealkylation sites (tertiary alicyclic amines) is 1. The third-order valence-electron chi connectivity index (χ3n) is 6.96. The van der Waals surface area contributed by atoms with Crippen LogP contribution in [0, 0.1) is 5.92 Å². The predicted molar refractivity (Wildman–Crippen MR) is 140 cm³/mol. The second-order valence-corrected chi connectivity index (χ2v) is 9.18. The minimum Gasteiger partial charge on any atom is -0.324 e. The van der Waals surface area contributed by atoms with Gasteiger partial charge in [0.05, 0.1) is 0 Å². The van der Waals surface area contributed by atoms with Gasteiger partial charge in [-0.05, 0) is 46.9 Å². The van der Waals surface area contributed by atoms with E-state index in [-0.39, 0.29) is 12.1 Å². The number of nitrogens with one attached hydrogen (secondary N) is 2. The molecule has 0 aliphatic carbocycles. The molecule has 34 heavy (non-hydrogen) atoms. The number of hydrogen-bond donors (Lipinski definition) is 2. The van der Waals surface area contributed by atoms with Crippen molar-refractivity contribution in [2.24, 2.45) is 5.92 Å². The van der Waals surface area contributed by atoms with Gasteiger partial charge in [-0.25, -0.2) is 4.79 Å². The van der Waals surface area contributed by atoms with E-state index >= 15 is 0 Å². The molecule has 4 aromatic rings. The van der Waals surface area contributed by atoms with Gasteiger partial charge < -0.3 is 15.5 Å². The van der Waals surface area contributed by atoms with Gasteiger partial charge in [0.1, 0.15) is 0 Å². The van der Waals surface area contributed by atoms with E-state index in [9.17, 15) is 4.79 Å². The molecular formula is C30H31N3O. The quantitative estimate of drug-likeness (QED) is 0.356. The molecule has 2 unspecified atom stereocenters. The number of para-hydroxylation sites is 1. The Hall–Kier alpha value is -3.63. The largest absolute Gasteiger partial charge is 0.324 e. The standard InChI is InChI=1S/C30H31N3O/c1-22(27-18-10-14-23-13-8-9-17-28(23)27)31-19-25-20-33(21-29(25)24-11-4-2-5-12-24)30(34)32-26-15-6-3-7-16-26/h2-18,22,25,29,31H,19-21H2,1H3,(H,32,34)/t22-,25?,29?/m1/s1. The molecule has 1 fully saturated rings. The Morgan fingerprint density at radius 3 is 2.32 bits per heavy atom. The molecule has 2 amide bonds. The van der Waals surface area contributed by atoms with Crippen molar-refractivity contribution in [1.82, 2.24) is 10.2 Å². The summed E-state index contributed by atoms with van der Waals surface area (Å²) in [6, 6.07) is 35.5. The zero-order valence-electron chi connectivity index (χ0n) is 19.5. The maximum Gasteiger partial charge on any atom is 0.321 e. The first-order chi connectivity index (χ1) is 16.7. The molecule has 2 N–H and O–H groups in total. The van der Waals surface area contributed by atoms with Crippen LogP contribution < -0.4 is 10.6 Å². The monoisotopic (exact) mass is 449 g/mol. The number of fused-ring (bicyclic) bond motifs is 1. The summed E-state index contributed by atoms with van der Waals surface area (Å²) in [4.78, 5) is 15.0. The summed E-state index contributed by atoms with van der Waals surface area (Å²) in [5.74, 6) is 0.635. The number of benzene rings is 4. The van der Waals surface area contributed by atoms with Gasteiger partial charge in [0.2, 0.25) is 0 Å². The second-order valence-electron chi connectivity index (χ2n) is 9.18. The fraction of sp³-hybridized carbons (Fsp3) is 0.233. The van der Waals surface area contributed by atoms with Crippen LogP contribution >= 0.6 is 0 Å². The Balaban J connectivity index is 1.31. The maximum atomic E-state index is 13.0. The Kier molecular flexibility index (Phi) is 6.59. The van der Waals surface area contributed by atoms with E-state index in [0.717, 1.165) is 25.3 Å². The van der Waals surface area contributed by atoms with Gasteiger partial charge >= 0.3 is 6.03 Å². The Morgan fingerprint density at radius 2 is 1.53 bits per heavy atom. The number of rotatable bonds is 6. The van der Waals surface area contributed by atoms with E-state index in [1.165, 1.54) is 21.9 Å². The first-order valence-corrected chi connectivity index (χ1v) is 12.1. The molecule has 0 aromatic heterocycles. The first-order valence-electron chi connectivity index (χ1n) is 12.1. The highest BCUT2D eigenvalue weighted by Crippen LogP contribution is 2.33. The van der Waals surface area contributed by atoms with Crippen molar-refractivity contribution < 1.29 is 4.79 Å². The molecule has 1 heterocycles. The lowest BCUT2D eigenvalue weighted by Gasteiger charge is -2.23. The summed E-state index contributed by atoms with van der Waals surface area (Å²) < 4.78 is 0. The Morgan fingerprint density at radius 1 is 0.853 bits per heavy atom. The number of carbonyl (C=O) groups excluding carboxylic acids is 1. The lowest BCUT2D eigenvalue weighted by Crippen LogP contribution is -2.34. The number of urea groups is 1. The summed E-state index contributed by atoms with van der Waals surface area (Å²) in [7, 11) is 0. The van der Waals surface area contributed by atoms with Gasteiger partial charge in [0, 0.05) is 37.3 Å². The molecule has 4 heteroatoms. The van der Waals surface area contributed by atoms with Crippen LogP contribution in [0.1, 0.15) is 30.0 Å². The first kappa shape index (κ1) is 22.2. The smallest absolute Gasteiger partial charge is 0.321 e. The minimum absolute atomic E-state index is 0.0308. The van der Waals surface area contributed by atoms with Crippen LogP contribution in [0.4, 0.5) is 10.5 Å². The summed E-state index contributed by atoms with van der Waals surface area (Å²) in [5.41, 5.74) is 3.43. The third kappa shape index (κ3) is 4.82. The summed E-state index contributed by atoms with van der Waals surface area (Å²) in [6.45, 7) is 4.53. The number of carbonyl (C=O) groups is 1. The fourth-order valence-electron chi connectivity index (χ4n) is 5.11. The highest BCUT2D eigenvalue weighted by molar-refractivity contribution is 5.89. The van der Waals surface area contributed by atoms with E-state index in [2.05, 4.69) is 84.3 Å². The molecule has 1 aliphatic rings. The molecule has 172 valence electrons. The van der Waals surface area contributed by atoms with Crippen molar-refractivity contribution in [3.63, 3.8) is 0 Å². The van der Waals surface area contributed by atoms with E-state index in [0.29, 0.717) is 11.8 Å². The molecule has 3 atom stereocenters. The zero-order chi connectivity index (χ0) is 23.3. The molecule has 5 rings (SSSR count). The van der Waals surface area contributed by atoms with E-state index in [4.69, 9.17) is 0 Å². The molecule has 4 nitrogen and oxygen atoms in total. The molecule has 1 saturated heterocycles. The lowest BCUT2D eigenvalue weighted by molar-refractivity contribution is 0.220. The zero-order valence-corrected chi connectivity index (χ0v) is 19.5. The van der Waals surface area contributed by atoms with Gasteiger partial charge in [0.25, 0.3) is 0 Å². The van der Waals surface area contributed by atoms with Crippen molar-refractivity contribution in [3.05, 3.63) is 114 Å². The topological polar surface area (TPSA) is 44.4 Å². The van der Waals surface area contributed by atoms with Crippen molar-refractivity contribution in [3.8, 4) is 0 Å². The van der Waals surface area contributed by atoms with Crippen LogP contribution in [-0.2, 0) is 0 Å². The van der Waals surface area contributed by atoms with Crippen LogP contribution in [0.2, 0.25) is 0 Å². The minimum atomic E-state index is -0.0308. The number of hydrogen-bond acceptors (Lipinski definition) is 2. The van der Waals surface area contributed by atoms with E-state index in [1.807, 2.05) is 41.3 Å². The molecule has 0 spiro atoms. The highest BCUT2D eigenvalue weighted by Gasteiger charge is 2.36. The van der Waals surface area contributed by atoms with Gasteiger partial charge in [0.15, 0.2) is 0 Å². The molecular weight excluding hydrogens is 418 g/mol. The van der Waals surface area contributed by atoms with Crippen molar-refractivity contribution in [2.45, 2.75) is 18.9 Å². The van der Waals surface area contributed by atoms with Crippen LogP contribution in [0.5, 0.6) is 0 Å². The maximum absolute atomic E-state index is 13.0. The summed E-state index contributed by atoms with van der Waals surface area (Å²) in [6.07, 6.45) is 0. The second kappa shape index (κ2) is 10.1. The van der Waals surface area contributed by atoms with Crippen LogP contribution in [0.3, 0.4) is 0 Å². The van der Waals surface area contributed by atoms with Crippen molar-refractivity contribution in [2.75, 3.05) is 25.0 Å². The van der Waals surface area contributed by atoms with Gasteiger partial charge in [-0.3, -0.25) is 0 Å². The van der Waals surface area contributed by atoms with Gasteiger partial charge in [-0.15, -0.1) is 0 Å². The average molecular weight is 450 g/mol. The van der Waals surface area contributed by atoms with Crippen LogP contribution in [0.15, 0.2) is 103 Å². The average Bonchev–Trinajstić information content (AvgIpc) is 3.32. The Bertz CT molecular complexity index is 1240. The summed E-state index contributed by atoms with van der Waals surface area (Å²) >= 11 is 0. The van der Waals surface area contributed by atoms with Crippen LogP contribution in [-0.4, -0.2) is 30.6 Å². The molecule has 0 bridgehead atoms. The number of nitrogens with zero attached hydrogens (tertiary/aromatic N) is 1. The number of anilines is 1.